The number of nitrogens with one attached hydrogen (secondary N) is 1. The molecular formula is C9H19NO7. The molecule has 5 atom stereocenters. The van der Waals surface area contributed by atoms with Gasteiger partial charge in [-0.15, -0.1) is 0 Å². The van der Waals surface area contributed by atoms with E-state index in [-0.39, 0.29) is 6.54 Å². The molecule has 0 saturated heterocycles. The first-order chi connectivity index (χ1) is 7.81. The molecular weight excluding hydrogens is 234 g/mol. The van der Waals surface area contributed by atoms with Crippen LogP contribution in [-0.4, -0.2) is 80.2 Å². The average Bonchev–Trinajstić information content (AvgIpc) is 2.32. The van der Waals surface area contributed by atoms with Crippen LogP contribution in [0.1, 0.15) is 6.92 Å². The molecule has 8 heteroatoms. The van der Waals surface area contributed by atoms with E-state index in [0.29, 0.717) is 0 Å². The summed E-state index contributed by atoms with van der Waals surface area (Å²) in [6.45, 7) is 0.314. The zero-order valence-corrected chi connectivity index (χ0v) is 9.39. The summed E-state index contributed by atoms with van der Waals surface area (Å²) < 4.78 is 0. The molecule has 0 aliphatic rings. The molecule has 0 unspecified atom stereocenters. The number of hydrogen-bond donors (Lipinski definition) is 7. The van der Waals surface area contributed by atoms with Gasteiger partial charge in [0, 0.05) is 6.54 Å². The van der Waals surface area contributed by atoms with Crippen LogP contribution >= 0.6 is 0 Å². The van der Waals surface area contributed by atoms with E-state index >= 15 is 0 Å². The molecule has 0 rings (SSSR count). The predicted octanol–water partition coefficient (Wildman–Crippen LogP) is -3.51. The molecule has 0 aliphatic heterocycles. The van der Waals surface area contributed by atoms with Gasteiger partial charge in [0.1, 0.15) is 24.4 Å². The molecule has 0 amide bonds. The van der Waals surface area contributed by atoms with Crippen LogP contribution in [0.15, 0.2) is 0 Å². The van der Waals surface area contributed by atoms with Crippen molar-refractivity contribution in [1.82, 2.24) is 5.32 Å². The molecule has 0 saturated carbocycles. The van der Waals surface area contributed by atoms with Crippen molar-refractivity contribution in [1.29, 1.82) is 0 Å². The smallest absolute Gasteiger partial charge is 0.320 e. The van der Waals surface area contributed by atoms with Crippen LogP contribution in [0, 0.1) is 0 Å². The molecule has 7 N–H and O–H groups in total. The maximum Gasteiger partial charge on any atom is 0.320 e. The Morgan fingerprint density at radius 2 is 1.59 bits per heavy atom. The normalized spacial score (nSPS) is 20.4. The number of hydrogen-bond acceptors (Lipinski definition) is 7. The fourth-order valence-electron chi connectivity index (χ4n) is 1.07. The molecule has 0 aromatic heterocycles. The van der Waals surface area contributed by atoms with E-state index in [0.717, 1.165) is 0 Å². The molecule has 0 aromatic rings. The van der Waals surface area contributed by atoms with E-state index < -0.39 is 43.0 Å². The van der Waals surface area contributed by atoms with Gasteiger partial charge in [0.05, 0.1) is 12.7 Å². The Bertz CT molecular complexity index is 237. The van der Waals surface area contributed by atoms with Crippen molar-refractivity contribution in [3.8, 4) is 0 Å². The van der Waals surface area contributed by atoms with Crippen molar-refractivity contribution in [3.63, 3.8) is 0 Å². The van der Waals surface area contributed by atoms with Crippen molar-refractivity contribution in [2.75, 3.05) is 13.2 Å². The van der Waals surface area contributed by atoms with Gasteiger partial charge in [-0.2, -0.15) is 0 Å². The van der Waals surface area contributed by atoms with E-state index in [1.807, 2.05) is 0 Å². The highest BCUT2D eigenvalue weighted by Crippen LogP contribution is 2.04. The van der Waals surface area contributed by atoms with Crippen molar-refractivity contribution >= 4 is 5.97 Å². The third-order valence-electron chi connectivity index (χ3n) is 2.33. The zero-order chi connectivity index (χ0) is 13.6. The van der Waals surface area contributed by atoms with Gasteiger partial charge >= 0.3 is 5.97 Å². The highest BCUT2D eigenvalue weighted by Gasteiger charge is 2.30. The van der Waals surface area contributed by atoms with Gasteiger partial charge in [0.15, 0.2) is 0 Å². The summed E-state index contributed by atoms with van der Waals surface area (Å²) in [5.41, 5.74) is 0. The molecule has 0 fully saturated rings. The first kappa shape index (κ1) is 16.2. The van der Waals surface area contributed by atoms with Crippen LogP contribution in [-0.2, 0) is 4.79 Å². The topological polar surface area (TPSA) is 150 Å². The second kappa shape index (κ2) is 7.54. The quantitative estimate of drug-likeness (QED) is 0.235. The van der Waals surface area contributed by atoms with Gasteiger partial charge in [-0.05, 0) is 6.92 Å². The van der Waals surface area contributed by atoms with Crippen molar-refractivity contribution in [2.45, 2.75) is 37.4 Å². The number of carboxylic acid groups (broad SMARTS) is 1. The minimum atomic E-state index is -1.71. The standard InChI is InChI=1S/C9H19NO7/c1-4(9(16)17)10-2-5(12)7(14)8(15)6(13)3-11/h4-8,10-15H,2-3H2,1H3,(H,16,17)/t4-,5-,6+,7+,8+/m0/s1. The first-order valence-corrected chi connectivity index (χ1v) is 5.10. The summed E-state index contributed by atoms with van der Waals surface area (Å²) in [7, 11) is 0. The molecule has 0 heterocycles. The Hall–Kier alpha value is -0.770. The molecule has 0 aliphatic carbocycles. The lowest BCUT2D eigenvalue weighted by Crippen LogP contribution is -2.50. The van der Waals surface area contributed by atoms with E-state index in [1.54, 1.807) is 0 Å². The number of aliphatic hydroxyl groups is 5. The van der Waals surface area contributed by atoms with Crippen LogP contribution in [0.2, 0.25) is 0 Å². The van der Waals surface area contributed by atoms with E-state index in [2.05, 4.69) is 5.32 Å². The summed E-state index contributed by atoms with van der Waals surface area (Å²) in [6, 6.07) is -0.920. The van der Waals surface area contributed by atoms with Gasteiger partial charge in [0.2, 0.25) is 0 Å². The Kier molecular flexibility index (Phi) is 7.19. The Balaban J connectivity index is 4.13. The number of carbonyl (C=O) groups is 1. The molecule has 8 nitrogen and oxygen atoms in total. The Morgan fingerprint density at radius 1 is 1.12 bits per heavy atom. The van der Waals surface area contributed by atoms with E-state index in [1.165, 1.54) is 6.92 Å². The van der Waals surface area contributed by atoms with Crippen LogP contribution < -0.4 is 5.32 Å². The fourth-order valence-corrected chi connectivity index (χ4v) is 1.07. The van der Waals surface area contributed by atoms with Gasteiger partial charge < -0.3 is 36.0 Å². The third kappa shape index (κ3) is 5.39. The van der Waals surface area contributed by atoms with Gasteiger partial charge in [-0.1, -0.05) is 0 Å². The van der Waals surface area contributed by atoms with Crippen LogP contribution in [0.5, 0.6) is 0 Å². The van der Waals surface area contributed by atoms with Crippen LogP contribution in [0.4, 0.5) is 0 Å². The van der Waals surface area contributed by atoms with Gasteiger partial charge in [0.25, 0.3) is 0 Å². The summed E-state index contributed by atoms with van der Waals surface area (Å²) in [5, 5.41) is 56.6. The lowest BCUT2D eigenvalue weighted by molar-refractivity contribution is -0.139. The third-order valence-corrected chi connectivity index (χ3v) is 2.33. The molecule has 17 heavy (non-hydrogen) atoms. The summed E-state index contributed by atoms with van der Waals surface area (Å²) >= 11 is 0. The number of carboxylic acids is 1. The van der Waals surface area contributed by atoms with E-state index in [4.69, 9.17) is 15.3 Å². The zero-order valence-electron chi connectivity index (χ0n) is 9.39. The minimum absolute atomic E-state index is 0.274. The highest BCUT2D eigenvalue weighted by atomic mass is 16.4. The van der Waals surface area contributed by atoms with Crippen LogP contribution in [0.3, 0.4) is 0 Å². The summed E-state index contributed by atoms with van der Waals surface area (Å²) in [4.78, 5) is 10.4. The van der Waals surface area contributed by atoms with Crippen molar-refractivity contribution in [2.24, 2.45) is 0 Å². The second-order valence-electron chi connectivity index (χ2n) is 3.77. The highest BCUT2D eigenvalue weighted by molar-refractivity contribution is 5.72. The SMILES string of the molecule is C[C@H](NC[C@H](O)[C@@H](O)[C@H](O)[C@H](O)CO)C(=O)O. The number of aliphatic hydroxyl groups excluding tert-OH is 5. The second-order valence-corrected chi connectivity index (χ2v) is 3.77. The maximum absolute atomic E-state index is 10.4. The van der Waals surface area contributed by atoms with Crippen LogP contribution in [0.25, 0.3) is 0 Å². The van der Waals surface area contributed by atoms with E-state index in [9.17, 15) is 20.1 Å². The molecule has 0 bridgehead atoms. The van der Waals surface area contributed by atoms with Crippen molar-refractivity contribution in [3.05, 3.63) is 0 Å². The summed E-state index contributed by atoms with van der Waals surface area (Å²) in [5.74, 6) is -1.12. The molecule has 102 valence electrons. The molecule has 0 radical (unpaired) electrons. The average molecular weight is 253 g/mol. The number of rotatable bonds is 8. The first-order valence-electron chi connectivity index (χ1n) is 5.10. The Morgan fingerprint density at radius 3 is 2.00 bits per heavy atom. The fraction of sp³-hybridized carbons (Fsp3) is 0.889. The summed E-state index contributed by atoms with van der Waals surface area (Å²) in [6.07, 6.45) is -6.44. The lowest BCUT2D eigenvalue weighted by atomic mass is 10.0. The molecule has 0 spiro atoms. The maximum atomic E-state index is 10.4. The van der Waals surface area contributed by atoms with Gasteiger partial charge in [-0.25, -0.2) is 0 Å². The van der Waals surface area contributed by atoms with Gasteiger partial charge in [-0.3, -0.25) is 4.79 Å². The molecule has 0 aromatic carbocycles. The largest absolute Gasteiger partial charge is 0.480 e. The number of aliphatic carboxylic acids is 1. The lowest BCUT2D eigenvalue weighted by Gasteiger charge is -2.26. The Labute approximate surface area is 98.1 Å². The monoisotopic (exact) mass is 253 g/mol. The minimum Gasteiger partial charge on any atom is -0.480 e. The van der Waals surface area contributed by atoms with Crippen molar-refractivity contribution < 1.29 is 35.4 Å². The predicted molar refractivity (Wildman–Crippen MR) is 56.2 cm³/mol.